The molecule has 2 amide bonds. The zero-order valence-corrected chi connectivity index (χ0v) is 13.4. The van der Waals surface area contributed by atoms with Gasteiger partial charge in [0.05, 0.1) is 0 Å². The first kappa shape index (κ1) is 16.5. The lowest BCUT2D eigenvalue weighted by Crippen LogP contribution is -2.43. The van der Waals surface area contributed by atoms with Crippen LogP contribution >= 0.6 is 0 Å². The lowest BCUT2D eigenvalue weighted by atomic mass is 10.1. The minimum atomic E-state index is -0.507. The summed E-state index contributed by atoms with van der Waals surface area (Å²) in [6.45, 7) is 6.95. The van der Waals surface area contributed by atoms with Crippen LogP contribution in [0.4, 0.5) is 0 Å². The molecule has 5 nitrogen and oxygen atoms in total. The second-order valence-corrected chi connectivity index (χ2v) is 5.94. The molecule has 22 heavy (non-hydrogen) atoms. The van der Waals surface area contributed by atoms with Crippen molar-refractivity contribution in [1.82, 2.24) is 15.5 Å². The van der Waals surface area contributed by atoms with E-state index in [9.17, 15) is 9.59 Å². The molecule has 1 atom stereocenters. The molecule has 120 valence electrons. The zero-order valence-electron chi connectivity index (χ0n) is 13.4. The third-order valence-electron chi connectivity index (χ3n) is 3.91. The number of rotatable bonds is 6. The summed E-state index contributed by atoms with van der Waals surface area (Å²) in [5.74, 6) is -0.370. The van der Waals surface area contributed by atoms with Crippen molar-refractivity contribution in [2.75, 3.05) is 13.1 Å². The maximum Gasteiger partial charge on any atom is 0.242 e. The second-order valence-electron chi connectivity index (χ2n) is 5.94. The minimum Gasteiger partial charge on any atom is -0.350 e. The van der Waals surface area contributed by atoms with Gasteiger partial charge in [-0.3, -0.25) is 14.5 Å². The summed E-state index contributed by atoms with van der Waals surface area (Å²) in [6.07, 6.45) is 2.60. The summed E-state index contributed by atoms with van der Waals surface area (Å²) >= 11 is 0. The maximum atomic E-state index is 11.8. The average Bonchev–Trinajstić information content (AvgIpc) is 2.98. The van der Waals surface area contributed by atoms with Crippen molar-refractivity contribution in [2.24, 2.45) is 0 Å². The Morgan fingerprint density at radius 2 is 1.73 bits per heavy atom. The van der Waals surface area contributed by atoms with E-state index in [1.807, 2.05) is 0 Å². The molecule has 1 saturated heterocycles. The van der Waals surface area contributed by atoms with E-state index in [4.69, 9.17) is 0 Å². The van der Waals surface area contributed by atoms with E-state index < -0.39 is 6.04 Å². The second kappa shape index (κ2) is 7.94. The van der Waals surface area contributed by atoms with Crippen LogP contribution in [0.3, 0.4) is 0 Å². The van der Waals surface area contributed by atoms with Gasteiger partial charge < -0.3 is 10.6 Å². The summed E-state index contributed by atoms with van der Waals surface area (Å²) in [7, 11) is 0. The SMILES string of the molecule is CC(=O)N[C@H](C)C(=O)NCc1ccc(CN2CCCC2)cc1. The highest BCUT2D eigenvalue weighted by atomic mass is 16.2. The fourth-order valence-electron chi connectivity index (χ4n) is 2.67. The number of carbonyl (C=O) groups excluding carboxylic acids is 2. The van der Waals surface area contributed by atoms with Gasteiger partial charge in [-0.1, -0.05) is 24.3 Å². The smallest absolute Gasteiger partial charge is 0.242 e. The van der Waals surface area contributed by atoms with E-state index in [-0.39, 0.29) is 11.8 Å². The van der Waals surface area contributed by atoms with Crippen molar-refractivity contribution in [3.8, 4) is 0 Å². The number of amides is 2. The van der Waals surface area contributed by atoms with Crippen LogP contribution in [0, 0.1) is 0 Å². The van der Waals surface area contributed by atoms with E-state index in [0.29, 0.717) is 6.54 Å². The van der Waals surface area contributed by atoms with E-state index in [1.165, 1.54) is 38.4 Å². The highest BCUT2D eigenvalue weighted by Crippen LogP contribution is 2.13. The molecular weight excluding hydrogens is 278 g/mol. The Hall–Kier alpha value is -1.88. The normalized spacial score (nSPS) is 16.3. The molecule has 0 unspecified atom stereocenters. The summed E-state index contributed by atoms with van der Waals surface area (Å²) in [4.78, 5) is 25.2. The minimum absolute atomic E-state index is 0.170. The Labute approximate surface area is 132 Å². The fourth-order valence-corrected chi connectivity index (χ4v) is 2.67. The summed E-state index contributed by atoms with van der Waals surface area (Å²) in [5, 5.41) is 5.40. The van der Waals surface area contributed by atoms with E-state index in [2.05, 4.69) is 39.8 Å². The predicted molar refractivity (Wildman–Crippen MR) is 86.1 cm³/mol. The largest absolute Gasteiger partial charge is 0.350 e. The van der Waals surface area contributed by atoms with E-state index in [1.54, 1.807) is 6.92 Å². The number of likely N-dealkylation sites (tertiary alicyclic amines) is 1. The Bertz CT molecular complexity index is 507. The first-order valence-corrected chi connectivity index (χ1v) is 7.89. The van der Waals surface area contributed by atoms with Crippen LogP contribution in [-0.4, -0.2) is 35.8 Å². The van der Waals surface area contributed by atoms with Gasteiger partial charge in [0.15, 0.2) is 0 Å². The van der Waals surface area contributed by atoms with Crippen molar-refractivity contribution < 1.29 is 9.59 Å². The average molecular weight is 303 g/mol. The van der Waals surface area contributed by atoms with Gasteiger partial charge in [-0.25, -0.2) is 0 Å². The highest BCUT2D eigenvalue weighted by molar-refractivity contribution is 5.86. The van der Waals surface area contributed by atoms with Crippen LogP contribution in [-0.2, 0) is 22.7 Å². The van der Waals surface area contributed by atoms with E-state index >= 15 is 0 Å². The van der Waals surface area contributed by atoms with Crippen LogP contribution < -0.4 is 10.6 Å². The standard InChI is InChI=1S/C17H25N3O2/c1-13(19-14(2)21)17(22)18-11-15-5-7-16(8-6-15)12-20-9-3-4-10-20/h5-8,13H,3-4,9-12H2,1-2H3,(H,18,22)(H,19,21)/t13-/m1/s1. The lowest BCUT2D eigenvalue weighted by molar-refractivity contribution is -0.127. The summed E-state index contributed by atoms with van der Waals surface area (Å²) in [5.41, 5.74) is 2.37. The molecule has 2 N–H and O–H groups in total. The number of hydrogen-bond acceptors (Lipinski definition) is 3. The Morgan fingerprint density at radius 3 is 2.32 bits per heavy atom. The molecule has 1 aromatic rings. The molecule has 0 aliphatic carbocycles. The van der Waals surface area contributed by atoms with Crippen molar-refractivity contribution >= 4 is 11.8 Å². The van der Waals surface area contributed by atoms with Crippen LogP contribution in [0.5, 0.6) is 0 Å². The first-order chi connectivity index (χ1) is 10.5. The number of nitrogens with zero attached hydrogens (tertiary/aromatic N) is 1. The molecule has 2 rings (SSSR count). The molecule has 1 fully saturated rings. The quantitative estimate of drug-likeness (QED) is 0.835. The number of nitrogens with one attached hydrogen (secondary N) is 2. The molecule has 1 aromatic carbocycles. The summed E-state index contributed by atoms with van der Waals surface area (Å²) < 4.78 is 0. The molecule has 0 radical (unpaired) electrons. The Balaban J connectivity index is 1.78. The van der Waals surface area contributed by atoms with Gasteiger partial charge in [0.2, 0.25) is 11.8 Å². The fraction of sp³-hybridized carbons (Fsp3) is 0.529. The summed E-state index contributed by atoms with van der Waals surface area (Å²) in [6, 6.07) is 7.84. The van der Waals surface area contributed by atoms with Gasteiger partial charge in [0, 0.05) is 20.0 Å². The molecule has 0 bridgehead atoms. The number of hydrogen-bond donors (Lipinski definition) is 2. The van der Waals surface area contributed by atoms with Crippen molar-refractivity contribution in [2.45, 2.75) is 45.8 Å². The van der Waals surface area contributed by atoms with Gasteiger partial charge in [0.1, 0.15) is 6.04 Å². The van der Waals surface area contributed by atoms with Crippen LogP contribution in [0.2, 0.25) is 0 Å². The molecule has 5 heteroatoms. The van der Waals surface area contributed by atoms with Gasteiger partial charge in [-0.05, 0) is 44.0 Å². The van der Waals surface area contributed by atoms with Crippen LogP contribution in [0.15, 0.2) is 24.3 Å². The van der Waals surface area contributed by atoms with Crippen molar-refractivity contribution in [1.29, 1.82) is 0 Å². The van der Waals surface area contributed by atoms with E-state index in [0.717, 1.165) is 12.1 Å². The predicted octanol–water partition coefficient (Wildman–Crippen LogP) is 1.42. The topological polar surface area (TPSA) is 61.4 Å². The molecule has 1 aliphatic heterocycles. The van der Waals surface area contributed by atoms with Gasteiger partial charge in [-0.15, -0.1) is 0 Å². The molecule has 1 aliphatic rings. The monoisotopic (exact) mass is 303 g/mol. The van der Waals surface area contributed by atoms with Gasteiger partial charge in [0.25, 0.3) is 0 Å². The number of carbonyl (C=O) groups is 2. The Morgan fingerprint density at radius 1 is 1.14 bits per heavy atom. The molecule has 0 saturated carbocycles. The molecule has 0 spiro atoms. The lowest BCUT2D eigenvalue weighted by Gasteiger charge is -2.15. The first-order valence-electron chi connectivity index (χ1n) is 7.89. The molecule has 0 aromatic heterocycles. The van der Waals surface area contributed by atoms with Crippen molar-refractivity contribution in [3.05, 3.63) is 35.4 Å². The zero-order chi connectivity index (χ0) is 15.9. The van der Waals surface area contributed by atoms with Crippen LogP contribution in [0.1, 0.15) is 37.8 Å². The van der Waals surface area contributed by atoms with Crippen LogP contribution in [0.25, 0.3) is 0 Å². The highest BCUT2D eigenvalue weighted by Gasteiger charge is 2.13. The molecular formula is C17H25N3O2. The third-order valence-corrected chi connectivity index (χ3v) is 3.91. The third kappa shape index (κ3) is 5.15. The molecule has 1 heterocycles. The Kier molecular flexibility index (Phi) is 5.95. The van der Waals surface area contributed by atoms with Gasteiger partial charge >= 0.3 is 0 Å². The maximum absolute atomic E-state index is 11.8. The van der Waals surface area contributed by atoms with Crippen molar-refractivity contribution in [3.63, 3.8) is 0 Å². The van der Waals surface area contributed by atoms with Gasteiger partial charge in [-0.2, -0.15) is 0 Å². The number of benzene rings is 1.